The van der Waals surface area contributed by atoms with Gasteiger partial charge in [0.05, 0.1) is 0 Å². The first-order valence-electron chi connectivity index (χ1n) is 5.71. The van der Waals surface area contributed by atoms with Gasteiger partial charge < -0.3 is 0 Å². The summed E-state index contributed by atoms with van der Waals surface area (Å²) in [5.74, 6) is 0.412. The summed E-state index contributed by atoms with van der Waals surface area (Å²) in [5.41, 5.74) is 1.28. The van der Waals surface area contributed by atoms with E-state index in [0.29, 0.717) is 16.9 Å². The van der Waals surface area contributed by atoms with Crippen molar-refractivity contribution in [1.29, 1.82) is 0 Å². The van der Waals surface area contributed by atoms with Crippen LogP contribution in [0.1, 0.15) is 11.1 Å². The van der Waals surface area contributed by atoms with Gasteiger partial charge in [-0.25, -0.2) is 0 Å². The molecule has 1 atom stereocenters. The monoisotopic (exact) mass is 368 g/mol. The molecule has 3 rings (SSSR count). The van der Waals surface area contributed by atoms with E-state index >= 15 is 0 Å². The Morgan fingerprint density at radius 1 is 0.850 bits per heavy atom. The minimum atomic E-state index is -4.35. The number of hydrogen-bond donors (Lipinski definition) is 0. The van der Waals surface area contributed by atoms with Crippen molar-refractivity contribution in [3.63, 3.8) is 0 Å². The van der Waals surface area contributed by atoms with Gasteiger partial charge in [-0.15, -0.1) is 0 Å². The van der Waals surface area contributed by atoms with Gasteiger partial charge in [0.15, 0.2) is 0 Å². The van der Waals surface area contributed by atoms with Gasteiger partial charge in [0.2, 0.25) is 0 Å². The summed E-state index contributed by atoms with van der Waals surface area (Å²) in [7, 11) is 0. The van der Waals surface area contributed by atoms with Gasteiger partial charge in [0, 0.05) is 0 Å². The zero-order valence-corrected chi connectivity index (χ0v) is 13.9. The molecular formula is C13H9Cl4O2P. The number of halogens is 4. The molecule has 20 heavy (non-hydrogen) atoms. The van der Waals surface area contributed by atoms with E-state index in [1.54, 1.807) is 18.2 Å². The van der Waals surface area contributed by atoms with Crippen molar-refractivity contribution >= 4 is 50.4 Å². The van der Waals surface area contributed by atoms with E-state index in [2.05, 4.69) is 0 Å². The number of alkyl halides is 1. The molecule has 0 saturated heterocycles. The van der Waals surface area contributed by atoms with Crippen LogP contribution < -0.4 is 4.52 Å². The van der Waals surface area contributed by atoms with Crippen molar-refractivity contribution in [2.24, 2.45) is 0 Å². The van der Waals surface area contributed by atoms with Gasteiger partial charge in [-0.1, -0.05) is 0 Å². The van der Waals surface area contributed by atoms with Gasteiger partial charge in [-0.2, -0.15) is 0 Å². The zero-order chi connectivity index (χ0) is 14.5. The van der Waals surface area contributed by atoms with Crippen molar-refractivity contribution in [3.05, 3.63) is 65.7 Å². The number of rotatable bonds is 1. The normalized spacial score (nSPS) is 28.5. The van der Waals surface area contributed by atoms with Crippen molar-refractivity contribution in [2.75, 3.05) is 0 Å². The standard InChI is InChI=1S/C13H9Cl4O2P/c14-13(10-6-2-1-3-7-10)11-8-4-5-9-12(11)18-20(15,16,17)19-13/h1-9H/t13-/m1/s1. The molecule has 0 unspecified atom stereocenters. The van der Waals surface area contributed by atoms with Crippen LogP contribution >= 0.6 is 50.4 Å². The molecule has 0 saturated carbocycles. The first kappa shape index (κ1) is 14.7. The fourth-order valence-electron chi connectivity index (χ4n) is 2.09. The maximum atomic E-state index is 6.68. The summed E-state index contributed by atoms with van der Waals surface area (Å²) in [6, 6.07) is 16.3. The molecule has 1 aliphatic heterocycles. The Kier molecular flexibility index (Phi) is 3.42. The fourth-order valence-corrected chi connectivity index (χ4v) is 5.77. The average Bonchev–Trinajstić information content (AvgIpc) is 2.37. The van der Waals surface area contributed by atoms with E-state index in [1.165, 1.54) is 0 Å². The molecule has 0 fully saturated rings. The molecule has 2 aromatic carbocycles. The number of para-hydroxylation sites is 1. The third-order valence-corrected chi connectivity index (χ3v) is 5.77. The van der Waals surface area contributed by atoms with E-state index in [-0.39, 0.29) is 0 Å². The second-order valence-electron chi connectivity index (χ2n) is 4.32. The van der Waals surface area contributed by atoms with Gasteiger partial charge >= 0.3 is 136 Å². The SMILES string of the molecule is Cl[C@]1(c2ccccc2)OP(Cl)(Cl)(Cl)Oc2ccccc21. The van der Waals surface area contributed by atoms with Crippen LogP contribution in [0.25, 0.3) is 0 Å². The second kappa shape index (κ2) is 4.64. The molecular weight excluding hydrogens is 361 g/mol. The molecule has 2 nitrogen and oxygen atoms in total. The molecule has 0 spiro atoms. The predicted molar refractivity (Wildman–Crippen MR) is 85.7 cm³/mol. The van der Waals surface area contributed by atoms with E-state index in [1.807, 2.05) is 36.4 Å². The van der Waals surface area contributed by atoms with Crippen LogP contribution in [0.4, 0.5) is 0 Å². The Hall–Kier alpha value is -0.210. The van der Waals surface area contributed by atoms with Crippen LogP contribution in [0.2, 0.25) is 0 Å². The predicted octanol–water partition coefficient (Wildman–Crippen LogP) is 6.38. The van der Waals surface area contributed by atoms with Gasteiger partial charge in [-0.3, -0.25) is 0 Å². The number of hydrogen-bond acceptors (Lipinski definition) is 2. The van der Waals surface area contributed by atoms with E-state index < -0.39 is 10.2 Å². The molecule has 0 amide bonds. The van der Waals surface area contributed by atoms with Crippen molar-refractivity contribution in [3.8, 4) is 5.75 Å². The quantitative estimate of drug-likeness (QED) is 0.428. The third kappa shape index (κ3) is 2.62. The van der Waals surface area contributed by atoms with Crippen molar-refractivity contribution in [1.82, 2.24) is 0 Å². The summed E-state index contributed by atoms with van der Waals surface area (Å²) in [6.45, 7) is 0. The molecule has 1 aliphatic rings. The fraction of sp³-hybridized carbons (Fsp3) is 0.0769. The summed E-state index contributed by atoms with van der Waals surface area (Å²) >= 11 is 25.0. The summed E-state index contributed by atoms with van der Waals surface area (Å²) in [5, 5.41) is -5.74. The Balaban J connectivity index is 2.25. The molecule has 0 aliphatic carbocycles. The third-order valence-electron chi connectivity index (χ3n) is 2.88. The van der Waals surface area contributed by atoms with Crippen molar-refractivity contribution in [2.45, 2.75) is 5.06 Å². The molecule has 0 N–H and O–H groups in total. The molecule has 0 radical (unpaired) electrons. The van der Waals surface area contributed by atoms with E-state index in [4.69, 9.17) is 54.4 Å². The van der Waals surface area contributed by atoms with Crippen LogP contribution in [0, 0.1) is 0 Å². The van der Waals surface area contributed by atoms with Crippen LogP contribution in [0.5, 0.6) is 5.75 Å². The summed E-state index contributed by atoms with van der Waals surface area (Å²) in [4.78, 5) is 0. The molecule has 0 aromatic heterocycles. The Labute approximate surface area is 136 Å². The van der Waals surface area contributed by atoms with Crippen LogP contribution in [0.3, 0.4) is 0 Å². The first-order valence-corrected chi connectivity index (χ1v) is 10.9. The molecule has 2 aromatic rings. The maximum absolute atomic E-state index is 6.68. The van der Waals surface area contributed by atoms with Crippen LogP contribution in [-0.2, 0) is 9.58 Å². The van der Waals surface area contributed by atoms with Gasteiger partial charge in [0.1, 0.15) is 0 Å². The molecule has 0 bridgehead atoms. The molecule has 1 heterocycles. The second-order valence-corrected chi connectivity index (χ2v) is 13.7. The topological polar surface area (TPSA) is 18.5 Å². The number of benzene rings is 2. The Bertz CT molecular complexity index is 656. The van der Waals surface area contributed by atoms with Crippen LogP contribution in [-0.4, -0.2) is 0 Å². The first-order chi connectivity index (χ1) is 9.28. The molecule has 106 valence electrons. The summed E-state index contributed by atoms with van der Waals surface area (Å²) < 4.78 is 11.1. The van der Waals surface area contributed by atoms with Gasteiger partial charge in [0.25, 0.3) is 0 Å². The van der Waals surface area contributed by atoms with E-state index in [0.717, 1.165) is 0 Å². The van der Waals surface area contributed by atoms with E-state index in [9.17, 15) is 0 Å². The minimum absolute atomic E-state index is 0.412. The number of fused-ring (bicyclic) bond motifs is 1. The zero-order valence-electron chi connectivity index (χ0n) is 9.97. The average molecular weight is 370 g/mol. The Morgan fingerprint density at radius 2 is 1.45 bits per heavy atom. The summed E-state index contributed by atoms with van der Waals surface area (Å²) in [6.07, 6.45) is 0. The van der Waals surface area contributed by atoms with Gasteiger partial charge in [-0.05, 0) is 0 Å². The van der Waals surface area contributed by atoms with Crippen LogP contribution in [0.15, 0.2) is 54.6 Å². The molecule has 7 heteroatoms. The Morgan fingerprint density at radius 3 is 2.15 bits per heavy atom. The van der Waals surface area contributed by atoms with Crippen molar-refractivity contribution < 1.29 is 9.05 Å².